The highest BCUT2D eigenvalue weighted by atomic mass is 16.6. The minimum Gasteiger partial charge on any atom is -0.395 e. The van der Waals surface area contributed by atoms with Gasteiger partial charge in [-0.3, -0.25) is 14.5 Å². The summed E-state index contributed by atoms with van der Waals surface area (Å²) in [4.78, 5) is 19.0. The fourth-order valence-electron chi connectivity index (χ4n) is 2.47. The van der Waals surface area contributed by atoms with Gasteiger partial charge in [0.05, 0.1) is 19.8 Å². The molecule has 0 aliphatic carbocycles. The Hall–Kier alpha value is -1.43. The highest BCUT2D eigenvalue weighted by molar-refractivity contribution is 5.76. The molecule has 0 spiro atoms. The highest BCUT2D eigenvalue weighted by Crippen LogP contribution is 2.15. The van der Waals surface area contributed by atoms with Crippen molar-refractivity contribution in [3.8, 4) is 0 Å². The fraction of sp³-hybridized carbons (Fsp3) is 0.533. The maximum atomic E-state index is 11.8. The zero-order chi connectivity index (χ0) is 14.2. The van der Waals surface area contributed by atoms with Crippen LogP contribution in [0.4, 0.5) is 0 Å². The maximum absolute atomic E-state index is 11.8. The first-order valence-corrected chi connectivity index (χ1v) is 7.09. The van der Waals surface area contributed by atoms with Crippen LogP contribution in [0.5, 0.6) is 0 Å². The van der Waals surface area contributed by atoms with Crippen LogP contribution in [0.2, 0.25) is 0 Å². The van der Waals surface area contributed by atoms with Crippen LogP contribution in [0, 0.1) is 0 Å². The van der Waals surface area contributed by atoms with Gasteiger partial charge in [0.15, 0.2) is 0 Å². The predicted octanol–water partition coefficient (Wildman–Crippen LogP) is 1.08. The molecule has 1 saturated heterocycles. The first kappa shape index (κ1) is 15.0. The van der Waals surface area contributed by atoms with Crippen LogP contribution >= 0.6 is 0 Å². The molecule has 0 aromatic heterocycles. The molecule has 1 amide bonds. The van der Waals surface area contributed by atoms with Gasteiger partial charge < -0.3 is 5.11 Å². The number of benzene rings is 1. The van der Waals surface area contributed by atoms with Gasteiger partial charge in [-0.2, -0.15) is 0 Å². The zero-order valence-corrected chi connectivity index (χ0v) is 11.6. The molecule has 110 valence electrons. The summed E-state index contributed by atoms with van der Waals surface area (Å²) in [5, 5.41) is 9.29. The zero-order valence-electron chi connectivity index (χ0n) is 11.6. The van der Waals surface area contributed by atoms with Crippen molar-refractivity contribution >= 4 is 5.91 Å². The third-order valence-corrected chi connectivity index (χ3v) is 3.57. The van der Waals surface area contributed by atoms with Gasteiger partial charge in [-0.15, -0.1) is 0 Å². The summed E-state index contributed by atoms with van der Waals surface area (Å²) in [6.07, 6.45) is 3.15. The number of rotatable bonds is 6. The van der Waals surface area contributed by atoms with E-state index in [0.29, 0.717) is 6.61 Å². The molecule has 5 nitrogen and oxygen atoms in total. The number of carbonyl (C=O) groups is 1. The normalized spacial score (nSPS) is 19.8. The van der Waals surface area contributed by atoms with E-state index in [1.54, 1.807) is 0 Å². The number of amides is 1. The molecule has 1 heterocycles. The Morgan fingerprint density at radius 1 is 1.35 bits per heavy atom. The highest BCUT2D eigenvalue weighted by Gasteiger charge is 2.23. The topological polar surface area (TPSA) is 61.8 Å². The second kappa shape index (κ2) is 7.99. The lowest BCUT2D eigenvalue weighted by Gasteiger charge is -2.33. The molecule has 2 rings (SSSR count). The van der Waals surface area contributed by atoms with Crippen molar-refractivity contribution in [2.45, 2.75) is 31.9 Å². The second-order valence-corrected chi connectivity index (χ2v) is 5.10. The van der Waals surface area contributed by atoms with Crippen molar-refractivity contribution in [3.63, 3.8) is 0 Å². The van der Waals surface area contributed by atoms with Gasteiger partial charge in [0.1, 0.15) is 0 Å². The van der Waals surface area contributed by atoms with E-state index < -0.39 is 0 Å². The average Bonchev–Trinajstić information content (AvgIpc) is 2.49. The van der Waals surface area contributed by atoms with Crippen molar-refractivity contribution < 1.29 is 14.7 Å². The van der Waals surface area contributed by atoms with Crippen LogP contribution < -0.4 is 5.48 Å². The molecule has 0 unspecified atom stereocenters. The second-order valence-electron chi connectivity index (χ2n) is 5.10. The van der Waals surface area contributed by atoms with Crippen LogP contribution in [0.1, 0.15) is 24.8 Å². The summed E-state index contributed by atoms with van der Waals surface area (Å²) in [5.41, 5.74) is 3.47. The van der Waals surface area contributed by atoms with E-state index in [1.807, 2.05) is 35.2 Å². The van der Waals surface area contributed by atoms with Crippen molar-refractivity contribution in [2.24, 2.45) is 0 Å². The molecule has 0 saturated carbocycles. The van der Waals surface area contributed by atoms with Gasteiger partial charge >= 0.3 is 0 Å². The smallest absolute Gasteiger partial charge is 0.257 e. The van der Waals surface area contributed by atoms with E-state index in [0.717, 1.165) is 31.4 Å². The molecule has 1 aromatic carbocycles. The quantitative estimate of drug-likeness (QED) is 0.765. The molecule has 1 aliphatic heterocycles. The lowest BCUT2D eigenvalue weighted by molar-refractivity contribution is -0.136. The molecular weight excluding hydrogens is 256 g/mol. The number of carbonyl (C=O) groups excluding carboxylic acids is 1. The largest absolute Gasteiger partial charge is 0.395 e. The maximum Gasteiger partial charge on any atom is 0.257 e. The van der Waals surface area contributed by atoms with Gasteiger partial charge in [0.2, 0.25) is 0 Å². The number of likely N-dealkylation sites (tertiary alicyclic amines) is 1. The predicted molar refractivity (Wildman–Crippen MR) is 75.7 cm³/mol. The molecule has 5 heteroatoms. The molecule has 2 N–H and O–H groups in total. The monoisotopic (exact) mass is 278 g/mol. The summed E-state index contributed by atoms with van der Waals surface area (Å²) >= 11 is 0. The number of hydrogen-bond donors (Lipinski definition) is 2. The van der Waals surface area contributed by atoms with Crippen LogP contribution in [0.3, 0.4) is 0 Å². The number of aliphatic hydroxyl groups excluding tert-OH is 1. The number of hydrogen-bond acceptors (Lipinski definition) is 4. The lowest BCUT2D eigenvalue weighted by atomic mass is 10.0. The van der Waals surface area contributed by atoms with E-state index in [2.05, 4.69) is 5.48 Å². The number of piperidine rings is 1. The molecule has 20 heavy (non-hydrogen) atoms. The molecule has 1 aliphatic rings. The number of nitrogens with zero attached hydrogens (tertiary/aromatic N) is 1. The average molecular weight is 278 g/mol. The number of aliphatic hydroxyl groups is 1. The first-order chi connectivity index (χ1) is 9.79. The molecular formula is C15H22N2O3. The van der Waals surface area contributed by atoms with E-state index in [-0.39, 0.29) is 25.1 Å². The lowest BCUT2D eigenvalue weighted by Crippen LogP contribution is -2.47. The standard InChI is InChI=1S/C15H22N2O3/c18-11-14-8-4-5-9-17(14)10-15(19)16-20-12-13-6-2-1-3-7-13/h1-3,6-7,14,18H,4-5,8-12H2,(H,16,19)/t14-/m1/s1. The van der Waals surface area contributed by atoms with Gasteiger partial charge in [0.25, 0.3) is 5.91 Å². The van der Waals surface area contributed by atoms with Crippen molar-refractivity contribution in [2.75, 3.05) is 19.7 Å². The summed E-state index contributed by atoms with van der Waals surface area (Å²) in [6, 6.07) is 9.79. The van der Waals surface area contributed by atoms with Crippen LogP contribution in [-0.4, -0.2) is 41.7 Å². The Kier molecular flexibility index (Phi) is 5.98. The molecule has 1 fully saturated rings. The van der Waals surface area contributed by atoms with E-state index in [4.69, 9.17) is 4.84 Å². The van der Waals surface area contributed by atoms with Crippen LogP contribution in [0.15, 0.2) is 30.3 Å². The minimum absolute atomic E-state index is 0.101. The van der Waals surface area contributed by atoms with Gasteiger partial charge in [0, 0.05) is 6.04 Å². The fourth-order valence-corrected chi connectivity index (χ4v) is 2.47. The Balaban J connectivity index is 1.69. The summed E-state index contributed by atoms with van der Waals surface area (Å²) in [7, 11) is 0. The van der Waals surface area contributed by atoms with Crippen molar-refractivity contribution in [1.29, 1.82) is 0 Å². The van der Waals surface area contributed by atoms with E-state index in [9.17, 15) is 9.90 Å². The third kappa shape index (κ3) is 4.59. The first-order valence-electron chi connectivity index (χ1n) is 7.09. The Labute approximate surface area is 119 Å². The van der Waals surface area contributed by atoms with Gasteiger partial charge in [-0.1, -0.05) is 36.8 Å². The van der Waals surface area contributed by atoms with Gasteiger partial charge in [-0.05, 0) is 24.9 Å². The molecule has 1 atom stereocenters. The molecule has 1 aromatic rings. The summed E-state index contributed by atoms with van der Waals surface area (Å²) in [6.45, 7) is 1.60. The molecule has 0 radical (unpaired) electrons. The summed E-state index contributed by atoms with van der Waals surface area (Å²) < 4.78 is 0. The van der Waals surface area contributed by atoms with Crippen LogP contribution in [-0.2, 0) is 16.2 Å². The van der Waals surface area contributed by atoms with Crippen LogP contribution in [0.25, 0.3) is 0 Å². The van der Waals surface area contributed by atoms with Gasteiger partial charge in [-0.25, -0.2) is 5.48 Å². The Morgan fingerprint density at radius 2 is 2.15 bits per heavy atom. The van der Waals surface area contributed by atoms with Crippen molar-refractivity contribution in [1.82, 2.24) is 10.4 Å². The minimum atomic E-state index is -0.165. The number of hydroxylamine groups is 1. The molecule has 0 bridgehead atoms. The SMILES string of the molecule is O=C(CN1CCCC[C@@H]1CO)NOCc1ccccc1. The van der Waals surface area contributed by atoms with E-state index in [1.165, 1.54) is 0 Å². The third-order valence-electron chi connectivity index (χ3n) is 3.57. The summed E-state index contributed by atoms with van der Waals surface area (Å²) in [5.74, 6) is -0.165. The number of nitrogens with one attached hydrogen (secondary N) is 1. The Bertz CT molecular complexity index is 411. The van der Waals surface area contributed by atoms with Crippen molar-refractivity contribution in [3.05, 3.63) is 35.9 Å². The Morgan fingerprint density at radius 3 is 2.90 bits per heavy atom. The van der Waals surface area contributed by atoms with E-state index >= 15 is 0 Å².